The highest BCUT2D eigenvalue weighted by Gasteiger charge is 2.30. The Kier molecular flexibility index (Phi) is 10.9. The first kappa shape index (κ1) is 27.0. The number of piperidine rings is 1. The summed E-state index contributed by atoms with van der Waals surface area (Å²) < 4.78 is 38.6. The second-order valence-electron chi connectivity index (χ2n) is 8.57. The summed E-state index contributed by atoms with van der Waals surface area (Å²) in [7, 11) is 1.76. The number of rotatable bonds is 6. The highest BCUT2D eigenvalue weighted by Crippen LogP contribution is 2.30. The van der Waals surface area contributed by atoms with E-state index in [0.717, 1.165) is 51.0 Å². The van der Waals surface area contributed by atoms with Crippen LogP contribution in [0, 0.1) is 0 Å². The first-order chi connectivity index (χ1) is 13.6. The molecule has 0 atom stereocenters. The summed E-state index contributed by atoms with van der Waals surface area (Å²) in [6, 6.07) is 5.93. The quantitative estimate of drug-likeness (QED) is 0.222. The number of nitrogens with one attached hydrogen (secondary N) is 3. The van der Waals surface area contributed by atoms with Crippen molar-refractivity contribution in [2.24, 2.45) is 4.99 Å². The maximum absolute atomic E-state index is 12.9. The molecule has 0 radical (unpaired) electrons. The molecule has 1 aliphatic rings. The van der Waals surface area contributed by atoms with Crippen molar-refractivity contribution in [2.45, 2.75) is 57.9 Å². The monoisotopic (exact) mass is 541 g/mol. The van der Waals surface area contributed by atoms with E-state index in [1.54, 1.807) is 13.1 Å². The molecular formula is C21H35F3IN5. The molecule has 5 nitrogen and oxygen atoms in total. The van der Waals surface area contributed by atoms with Crippen molar-refractivity contribution in [3.05, 3.63) is 35.4 Å². The molecule has 0 saturated carbocycles. The first-order valence-corrected chi connectivity index (χ1v) is 10.2. The summed E-state index contributed by atoms with van der Waals surface area (Å²) in [5.41, 5.74) is 0.211. The molecule has 3 N–H and O–H groups in total. The Morgan fingerprint density at radius 2 is 1.80 bits per heavy atom. The van der Waals surface area contributed by atoms with Gasteiger partial charge in [-0.25, -0.2) is 0 Å². The van der Waals surface area contributed by atoms with Gasteiger partial charge < -0.3 is 16.0 Å². The van der Waals surface area contributed by atoms with Crippen LogP contribution in [0.1, 0.15) is 44.7 Å². The van der Waals surface area contributed by atoms with Gasteiger partial charge in [-0.1, -0.05) is 18.2 Å². The zero-order valence-corrected chi connectivity index (χ0v) is 20.6. The fourth-order valence-corrected chi connectivity index (χ4v) is 3.35. The van der Waals surface area contributed by atoms with Crippen LogP contribution in [0.5, 0.6) is 0 Å². The van der Waals surface area contributed by atoms with Crippen molar-refractivity contribution in [1.29, 1.82) is 0 Å². The first-order valence-electron chi connectivity index (χ1n) is 10.2. The van der Waals surface area contributed by atoms with Crippen molar-refractivity contribution in [3.63, 3.8) is 0 Å². The molecule has 1 heterocycles. The van der Waals surface area contributed by atoms with Crippen LogP contribution < -0.4 is 16.0 Å². The second kappa shape index (κ2) is 12.1. The van der Waals surface area contributed by atoms with Gasteiger partial charge in [-0.3, -0.25) is 9.89 Å². The average molecular weight is 541 g/mol. The number of aliphatic imine (C=N–C) groups is 1. The van der Waals surface area contributed by atoms with Crippen LogP contribution in [0.15, 0.2) is 29.3 Å². The maximum atomic E-state index is 12.9. The predicted octanol–water partition coefficient (Wildman–Crippen LogP) is 3.84. The van der Waals surface area contributed by atoms with Gasteiger partial charge in [-0.05, 0) is 45.2 Å². The van der Waals surface area contributed by atoms with E-state index in [1.165, 1.54) is 12.1 Å². The normalized spacial score (nSPS) is 16.8. The number of halogens is 4. The lowest BCUT2D eigenvalue weighted by molar-refractivity contribution is -0.137. The van der Waals surface area contributed by atoms with E-state index in [2.05, 4.69) is 46.6 Å². The third-order valence-corrected chi connectivity index (χ3v) is 4.89. The lowest BCUT2D eigenvalue weighted by Gasteiger charge is -2.33. The van der Waals surface area contributed by atoms with E-state index in [-0.39, 0.29) is 29.5 Å². The zero-order valence-electron chi connectivity index (χ0n) is 18.3. The SMILES string of the molecule is CN=C(NCCNC(C)(C)C)NC1CCN(Cc2cccc(C(F)(F)F)c2)CC1.I. The van der Waals surface area contributed by atoms with E-state index in [0.29, 0.717) is 18.2 Å². The minimum Gasteiger partial charge on any atom is -0.355 e. The number of hydrogen-bond acceptors (Lipinski definition) is 3. The number of hydrogen-bond donors (Lipinski definition) is 3. The number of nitrogens with zero attached hydrogens (tertiary/aromatic N) is 2. The molecule has 0 amide bonds. The summed E-state index contributed by atoms with van der Waals surface area (Å²) in [6.45, 7) is 10.3. The molecule has 1 fully saturated rings. The molecule has 0 bridgehead atoms. The van der Waals surface area contributed by atoms with Crippen LogP contribution in [0.3, 0.4) is 0 Å². The van der Waals surface area contributed by atoms with E-state index >= 15 is 0 Å². The van der Waals surface area contributed by atoms with Crippen LogP contribution >= 0.6 is 24.0 Å². The van der Waals surface area contributed by atoms with Gasteiger partial charge in [0.15, 0.2) is 5.96 Å². The van der Waals surface area contributed by atoms with Gasteiger partial charge in [0, 0.05) is 51.4 Å². The molecule has 30 heavy (non-hydrogen) atoms. The number of guanidine groups is 1. The van der Waals surface area contributed by atoms with Gasteiger partial charge in [-0.15, -0.1) is 24.0 Å². The lowest BCUT2D eigenvalue weighted by atomic mass is 10.0. The molecule has 0 unspecified atom stereocenters. The minimum absolute atomic E-state index is 0. The Hall–Kier alpha value is -1.07. The van der Waals surface area contributed by atoms with Crippen molar-refractivity contribution in [1.82, 2.24) is 20.9 Å². The van der Waals surface area contributed by atoms with Gasteiger partial charge in [0.2, 0.25) is 0 Å². The van der Waals surface area contributed by atoms with Crippen LogP contribution in [-0.2, 0) is 12.7 Å². The van der Waals surface area contributed by atoms with Crippen molar-refractivity contribution in [2.75, 3.05) is 33.2 Å². The maximum Gasteiger partial charge on any atom is 0.416 e. The zero-order chi connectivity index (χ0) is 21.5. The van der Waals surface area contributed by atoms with Gasteiger partial charge in [0.25, 0.3) is 0 Å². The largest absolute Gasteiger partial charge is 0.416 e. The van der Waals surface area contributed by atoms with Crippen LogP contribution in [-0.4, -0.2) is 55.7 Å². The number of benzene rings is 1. The highest BCUT2D eigenvalue weighted by molar-refractivity contribution is 14.0. The summed E-state index contributed by atoms with van der Waals surface area (Å²) in [5.74, 6) is 0.789. The summed E-state index contributed by atoms with van der Waals surface area (Å²) in [4.78, 5) is 6.49. The highest BCUT2D eigenvalue weighted by atomic mass is 127. The van der Waals surface area contributed by atoms with Crippen molar-refractivity contribution < 1.29 is 13.2 Å². The molecule has 1 aliphatic heterocycles. The molecule has 0 aromatic heterocycles. The molecule has 0 spiro atoms. The molecule has 1 aromatic rings. The Bertz CT molecular complexity index is 665. The van der Waals surface area contributed by atoms with Gasteiger partial charge >= 0.3 is 6.18 Å². The lowest BCUT2D eigenvalue weighted by Crippen LogP contribution is -2.50. The molecule has 1 aromatic carbocycles. The Labute approximate surface area is 195 Å². The smallest absolute Gasteiger partial charge is 0.355 e. The van der Waals surface area contributed by atoms with E-state index in [1.807, 2.05) is 0 Å². The summed E-state index contributed by atoms with van der Waals surface area (Å²) in [6.07, 6.45) is -2.43. The van der Waals surface area contributed by atoms with Crippen LogP contribution in [0.25, 0.3) is 0 Å². The van der Waals surface area contributed by atoms with Crippen molar-refractivity contribution >= 4 is 29.9 Å². The van der Waals surface area contributed by atoms with Crippen molar-refractivity contribution in [3.8, 4) is 0 Å². The molecule has 1 saturated heterocycles. The number of likely N-dealkylation sites (tertiary alicyclic amines) is 1. The fraction of sp³-hybridized carbons (Fsp3) is 0.667. The van der Waals surface area contributed by atoms with E-state index in [9.17, 15) is 13.2 Å². The topological polar surface area (TPSA) is 51.7 Å². The fourth-order valence-electron chi connectivity index (χ4n) is 3.35. The Morgan fingerprint density at radius 3 is 2.37 bits per heavy atom. The third-order valence-electron chi connectivity index (χ3n) is 4.89. The summed E-state index contributed by atoms with van der Waals surface area (Å²) >= 11 is 0. The van der Waals surface area contributed by atoms with Crippen LogP contribution in [0.2, 0.25) is 0 Å². The third kappa shape index (κ3) is 9.82. The standard InChI is InChI=1S/C21H34F3N5.HI/c1-20(2,3)27-11-10-26-19(25-4)28-18-8-12-29(13-9-18)15-16-6-5-7-17(14-16)21(22,23)24;/h5-7,14,18,27H,8-13,15H2,1-4H3,(H2,25,26,28);1H. The predicted molar refractivity (Wildman–Crippen MR) is 127 cm³/mol. The minimum atomic E-state index is -4.29. The van der Waals surface area contributed by atoms with E-state index < -0.39 is 11.7 Å². The molecular weight excluding hydrogens is 506 g/mol. The van der Waals surface area contributed by atoms with Crippen LogP contribution in [0.4, 0.5) is 13.2 Å². The van der Waals surface area contributed by atoms with E-state index in [4.69, 9.17) is 0 Å². The second-order valence-corrected chi connectivity index (χ2v) is 8.57. The average Bonchev–Trinajstić information content (AvgIpc) is 2.64. The van der Waals surface area contributed by atoms with Gasteiger partial charge in [0.1, 0.15) is 0 Å². The van der Waals surface area contributed by atoms with Gasteiger partial charge in [-0.2, -0.15) is 13.2 Å². The summed E-state index contributed by atoms with van der Waals surface area (Å²) in [5, 5.41) is 10.2. The molecule has 2 rings (SSSR count). The number of alkyl halides is 3. The Morgan fingerprint density at radius 1 is 1.13 bits per heavy atom. The molecule has 9 heteroatoms. The van der Waals surface area contributed by atoms with Gasteiger partial charge in [0.05, 0.1) is 5.56 Å². The molecule has 0 aliphatic carbocycles. The Balaban J connectivity index is 0.00000450. The molecule has 172 valence electrons.